The molecule has 1 aliphatic rings. The fourth-order valence-electron chi connectivity index (χ4n) is 4.27. The summed E-state index contributed by atoms with van der Waals surface area (Å²) in [7, 11) is 0. The molecule has 4 aromatic rings. The van der Waals surface area contributed by atoms with Gasteiger partial charge in [-0.05, 0) is 69.1 Å². The first-order valence-electron chi connectivity index (χ1n) is 11.4. The lowest BCUT2D eigenvalue weighted by molar-refractivity contribution is 0.572. The van der Waals surface area contributed by atoms with Crippen LogP contribution < -0.4 is 16.2 Å². The van der Waals surface area contributed by atoms with Crippen LogP contribution in [0.15, 0.2) is 47.5 Å². The molecule has 172 valence electrons. The lowest BCUT2D eigenvalue weighted by Crippen LogP contribution is -2.23. The van der Waals surface area contributed by atoms with Crippen LogP contribution in [0.25, 0.3) is 16.7 Å². The van der Waals surface area contributed by atoms with Crippen LogP contribution in [0, 0.1) is 11.3 Å². The minimum absolute atomic E-state index is 0.164. The molecule has 0 spiro atoms. The molecule has 0 saturated heterocycles. The standard InChI is InChI=1S/C25H26N8O/c1-4-32-23(34)20-14-29-24(30-18-6-5-17-13-27-9-7-16(17)11-18)31-22(20)33(32)19-8-10-28-21(12-19)25(2,3)15-26/h5-6,8,10-12,14,27H,4,7,9,13H2,1-3H3,(H,29,30,31). The van der Waals surface area contributed by atoms with Gasteiger partial charge in [-0.1, -0.05) is 6.07 Å². The molecule has 0 saturated carbocycles. The van der Waals surface area contributed by atoms with Gasteiger partial charge in [0.25, 0.3) is 5.56 Å². The molecule has 9 heteroatoms. The van der Waals surface area contributed by atoms with Gasteiger partial charge >= 0.3 is 0 Å². The predicted molar refractivity (Wildman–Crippen MR) is 130 cm³/mol. The minimum atomic E-state index is -0.764. The molecule has 2 N–H and O–H groups in total. The first-order valence-corrected chi connectivity index (χ1v) is 11.4. The van der Waals surface area contributed by atoms with Crippen molar-refractivity contribution < 1.29 is 0 Å². The predicted octanol–water partition coefficient (Wildman–Crippen LogP) is 3.19. The lowest BCUT2D eigenvalue weighted by Gasteiger charge is -2.18. The Morgan fingerprint density at radius 1 is 1.21 bits per heavy atom. The van der Waals surface area contributed by atoms with E-state index in [-0.39, 0.29) is 5.56 Å². The molecule has 1 aromatic carbocycles. The number of benzene rings is 1. The Hall–Kier alpha value is -4.03. The molecule has 4 heterocycles. The molecule has 0 aliphatic carbocycles. The van der Waals surface area contributed by atoms with Crippen molar-refractivity contribution in [3.05, 3.63) is 69.9 Å². The van der Waals surface area contributed by atoms with Crippen molar-refractivity contribution in [1.82, 2.24) is 29.6 Å². The van der Waals surface area contributed by atoms with Crippen LogP contribution in [0.2, 0.25) is 0 Å². The molecule has 34 heavy (non-hydrogen) atoms. The lowest BCUT2D eigenvalue weighted by atomic mass is 9.91. The number of hydrogen-bond acceptors (Lipinski definition) is 7. The Balaban J connectivity index is 1.61. The Bertz CT molecular complexity index is 1490. The van der Waals surface area contributed by atoms with Crippen LogP contribution in [-0.4, -0.2) is 30.9 Å². The SMILES string of the molecule is CCn1c(=O)c2cnc(Nc3ccc4c(c3)CCNC4)nc2n1-c1ccnc(C(C)(C)C#N)c1. The molecular weight excluding hydrogens is 428 g/mol. The van der Waals surface area contributed by atoms with E-state index in [1.807, 2.05) is 39.0 Å². The van der Waals surface area contributed by atoms with E-state index in [1.54, 1.807) is 21.8 Å². The van der Waals surface area contributed by atoms with Gasteiger partial charge in [0.2, 0.25) is 5.95 Å². The topological polar surface area (TPSA) is 113 Å². The Kier molecular flexibility index (Phi) is 5.38. The highest BCUT2D eigenvalue weighted by Crippen LogP contribution is 2.25. The molecule has 0 radical (unpaired) electrons. The van der Waals surface area contributed by atoms with Crippen LogP contribution in [0.3, 0.4) is 0 Å². The molecule has 5 rings (SSSR count). The second-order valence-corrected chi connectivity index (χ2v) is 8.93. The van der Waals surface area contributed by atoms with Gasteiger partial charge in [0.15, 0.2) is 5.65 Å². The molecular formula is C25H26N8O. The molecule has 9 nitrogen and oxygen atoms in total. The smallest absolute Gasteiger partial charge is 0.278 e. The van der Waals surface area contributed by atoms with Gasteiger partial charge in [0.1, 0.15) is 5.39 Å². The molecule has 0 amide bonds. The monoisotopic (exact) mass is 454 g/mol. The summed E-state index contributed by atoms with van der Waals surface area (Å²) in [5.74, 6) is 0.412. The van der Waals surface area contributed by atoms with E-state index in [9.17, 15) is 10.1 Å². The number of rotatable bonds is 5. The number of pyridine rings is 1. The van der Waals surface area contributed by atoms with Gasteiger partial charge in [-0.15, -0.1) is 0 Å². The summed E-state index contributed by atoms with van der Waals surface area (Å²) in [5, 5.41) is 16.7. The third kappa shape index (κ3) is 3.72. The van der Waals surface area contributed by atoms with Gasteiger partial charge in [-0.2, -0.15) is 10.2 Å². The van der Waals surface area contributed by atoms with E-state index >= 15 is 0 Å². The van der Waals surface area contributed by atoms with Crippen molar-refractivity contribution in [2.75, 3.05) is 11.9 Å². The molecule has 0 bridgehead atoms. The van der Waals surface area contributed by atoms with E-state index in [0.29, 0.717) is 34.9 Å². The normalized spacial score (nSPS) is 13.5. The molecule has 3 aromatic heterocycles. The fraction of sp³-hybridized carbons (Fsp3) is 0.320. The second kappa shape index (κ2) is 8.39. The highest BCUT2D eigenvalue weighted by molar-refractivity contribution is 5.77. The van der Waals surface area contributed by atoms with E-state index in [4.69, 9.17) is 4.98 Å². The van der Waals surface area contributed by atoms with Crippen LogP contribution in [0.4, 0.5) is 11.6 Å². The summed E-state index contributed by atoms with van der Waals surface area (Å²) < 4.78 is 3.40. The maximum atomic E-state index is 13.1. The highest BCUT2D eigenvalue weighted by atomic mass is 16.1. The van der Waals surface area contributed by atoms with E-state index < -0.39 is 5.41 Å². The summed E-state index contributed by atoms with van der Waals surface area (Å²) in [6.45, 7) is 7.84. The van der Waals surface area contributed by atoms with Gasteiger partial charge in [-0.25, -0.2) is 14.3 Å². The molecule has 0 fully saturated rings. The van der Waals surface area contributed by atoms with Crippen molar-refractivity contribution in [3.63, 3.8) is 0 Å². The third-order valence-corrected chi connectivity index (χ3v) is 6.23. The van der Waals surface area contributed by atoms with Gasteiger partial charge in [0, 0.05) is 31.2 Å². The van der Waals surface area contributed by atoms with Gasteiger partial charge in [-0.3, -0.25) is 9.78 Å². The van der Waals surface area contributed by atoms with Crippen molar-refractivity contribution in [2.24, 2.45) is 0 Å². The van der Waals surface area contributed by atoms with Crippen molar-refractivity contribution in [2.45, 2.75) is 45.7 Å². The average Bonchev–Trinajstić information content (AvgIpc) is 3.14. The number of nitrogens with zero attached hydrogens (tertiary/aromatic N) is 6. The summed E-state index contributed by atoms with van der Waals surface area (Å²) in [6.07, 6.45) is 4.20. The maximum absolute atomic E-state index is 13.1. The second-order valence-electron chi connectivity index (χ2n) is 8.93. The zero-order chi connectivity index (χ0) is 23.9. The number of aromatic nitrogens is 5. The Labute approximate surface area is 197 Å². The number of anilines is 2. The molecule has 0 atom stereocenters. The zero-order valence-electron chi connectivity index (χ0n) is 19.5. The molecule has 0 unspecified atom stereocenters. The molecule has 1 aliphatic heterocycles. The van der Waals surface area contributed by atoms with Crippen LogP contribution in [0.1, 0.15) is 37.6 Å². The highest BCUT2D eigenvalue weighted by Gasteiger charge is 2.23. The largest absolute Gasteiger partial charge is 0.324 e. The summed E-state index contributed by atoms with van der Waals surface area (Å²) in [5.41, 5.74) is 4.43. The van der Waals surface area contributed by atoms with Crippen LogP contribution in [0.5, 0.6) is 0 Å². The number of hydrogen-bond donors (Lipinski definition) is 2. The van der Waals surface area contributed by atoms with E-state index in [2.05, 4.69) is 38.8 Å². The summed E-state index contributed by atoms with van der Waals surface area (Å²) in [4.78, 5) is 26.6. The summed E-state index contributed by atoms with van der Waals surface area (Å²) in [6, 6.07) is 12.2. The third-order valence-electron chi connectivity index (χ3n) is 6.23. The van der Waals surface area contributed by atoms with Crippen molar-refractivity contribution >= 4 is 22.7 Å². The van der Waals surface area contributed by atoms with Gasteiger partial charge < -0.3 is 10.6 Å². The summed E-state index contributed by atoms with van der Waals surface area (Å²) >= 11 is 0. The quantitative estimate of drug-likeness (QED) is 0.476. The Morgan fingerprint density at radius 3 is 2.85 bits per heavy atom. The fourth-order valence-corrected chi connectivity index (χ4v) is 4.27. The number of nitrogens with one attached hydrogen (secondary N) is 2. The number of nitriles is 1. The van der Waals surface area contributed by atoms with Crippen LogP contribution >= 0.6 is 0 Å². The first kappa shape index (κ1) is 21.8. The first-order chi connectivity index (χ1) is 16.4. The zero-order valence-corrected chi connectivity index (χ0v) is 19.5. The average molecular weight is 455 g/mol. The van der Waals surface area contributed by atoms with Crippen molar-refractivity contribution in [1.29, 1.82) is 5.26 Å². The van der Waals surface area contributed by atoms with Crippen LogP contribution in [-0.2, 0) is 24.9 Å². The van der Waals surface area contributed by atoms with Gasteiger partial charge in [0.05, 0.1) is 22.9 Å². The Morgan fingerprint density at radius 2 is 2.06 bits per heavy atom. The van der Waals surface area contributed by atoms with Crippen molar-refractivity contribution in [3.8, 4) is 11.8 Å². The number of fused-ring (bicyclic) bond motifs is 2. The maximum Gasteiger partial charge on any atom is 0.278 e. The minimum Gasteiger partial charge on any atom is -0.324 e. The van der Waals surface area contributed by atoms with E-state index in [0.717, 1.165) is 25.2 Å². The van der Waals surface area contributed by atoms with E-state index in [1.165, 1.54) is 11.1 Å².